The molecule has 3 fully saturated rings. The largest absolute Gasteiger partial charge is 0.446 e. The number of hydrogen-bond donors (Lipinski definition) is 2. The number of primary amides is 1. The molecule has 17 heteroatoms. The van der Waals surface area contributed by atoms with Crippen LogP contribution in [0.25, 0.3) is 5.69 Å². The van der Waals surface area contributed by atoms with E-state index in [2.05, 4.69) is 23.6 Å². The number of unbranched alkanes of at least 4 members (excludes halogenated alkanes) is 2. The van der Waals surface area contributed by atoms with Gasteiger partial charge in [-0.3, -0.25) is 14.9 Å². The first kappa shape index (κ1) is 37.6. The lowest BCUT2D eigenvalue weighted by atomic mass is 9.93. The van der Waals surface area contributed by atoms with E-state index in [-0.39, 0.29) is 30.6 Å². The third kappa shape index (κ3) is 7.53. The zero-order valence-corrected chi connectivity index (χ0v) is 28.9. The number of carbonyl (C=O) groups excluding carboxylic acids is 4. The van der Waals surface area contributed by atoms with E-state index >= 15 is 0 Å². The number of nitrogens with two attached hydrogens (primary N) is 1. The Kier molecular flexibility index (Phi) is 10.7. The second-order valence-corrected chi connectivity index (χ2v) is 15.7. The van der Waals surface area contributed by atoms with E-state index < -0.39 is 79.5 Å². The number of sulfone groups is 1. The van der Waals surface area contributed by atoms with Crippen molar-refractivity contribution >= 4 is 39.5 Å². The number of nitrogens with one attached hydrogen (secondary N) is 1. The quantitative estimate of drug-likeness (QED) is 0.201. The van der Waals surface area contributed by atoms with E-state index in [0.29, 0.717) is 30.7 Å². The number of benzene rings is 1. The fourth-order valence-corrected chi connectivity index (χ4v) is 9.63. The summed E-state index contributed by atoms with van der Waals surface area (Å²) in [7, 11) is -2.52. The third-order valence-corrected chi connectivity index (χ3v) is 12.7. The van der Waals surface area contributed by atoms with Gasteiger partial charge in [0.2, 0.25) is 11.8 Å². The summed E-state index contributed by atoms with van der Waals surface area (Å²) in [6.07, 6.45) is 1.22. The molecular formula is C34H41F3N6O7S. The average molecular weight is 735 g/mol. The molecule has 276 valence electrons. The number of alkyl halides is 3. The predicted molar refractivity (Wildman–Crippen MR) is 180 cm³/mol. The van der Waals surface area contributed by atoms with Gasteiger partial charge in [0.05, 0.1) is 34.0 Å². The molecule has 5 unspecified atom stereocenters. The van der Waals surface area contributed by atoms with Crippen LogP contribution in [-0.2, 0) is 30.3 Å². The molecule has 5 rings (SSSR count). The van der Waals surface area contributed by atoms with Gasteiger partial charge in [-0.15, -0.1) is 13.2 Å². The second-order valence-electron chi connectivity index (χ2n) is 13.2. The molecule has 1 aromatic heterocycles. The summed E-state index contributed by atoms with van der Waals surface area (Å²) in [5.74, 6) is -4.70. The van der Waals surface area contributed by atoms with Gasteiger partial charge in [-0.05, 0) is 75.6 Å². The Morgan fingerprint density at radius 3 is 2.37 bits per heavy atom. The van der Waals surface area contributed by atoms with Crippen molar-refractivity contribution in [1.82, 2.24) is 19.6 Å². The van der Waals surface area contributed by atoms with Crippen LogP contribution in [0.4, 0.5) is 28.4 Å². The molecule has 1 aromatic carbocycles. The zero-order valence-electron chi connectivity index (χ0n) is 28.0. The van der Waals surface area contributed by atoms with Gasteiger partial charge in [0.15, 0.2) is 14.7 Å². The Hall–Kier alpha value is -4.67. The van der Waals surface area contributed by atoms with Crippen LogP contribution in [0.3, 0.4) is 0 Å². The van der Waals surface area contributed by atoms with Gasteiger partial charge in [-0.25, -0.2) is 27.6 Å². The SMILES string of the molecule is C=CCCCCN(C)C(=O)C1CC(OC(=O)Nc2cc(C(F)(F)F)ccc2-n2cccn2)CC1C(=O)N(C(N)=O)C1(S(=O)(=O)C2CC2)CC1C=C. The molecule has 0 spiro atoms. The molecule has 0 saturated heterocycles. The lowest BCUT2D eigenvalue weighted by molar-refractivity contribution is -0.143. The average Bonchev–Trinajstić information content (AvgIpc) is 3.95. The van der Waals surface area contributed by atoms with Crippen molar-refractivity contribution in [3.05, 3.63) is 67.5 Å². The summed E-state index contributed by atoms with van der Waals surface area (Å²) in [5, 5.41) is 5.61. The minimum absolute atomic E-state index is 0.0868. The molecule has 3 aliphatic rings. The Morgan fingerprint density at radius 1 is 1.14 bits per heavy atom. The summed E-state index contributed by atoms with van der Waals surface area (Å²) in [5.41, 5.74) is 4.52. The molecule has 5 atom stereocenters. The van der Waals surface area contributed by atoms with Crippen LogP contribution in [0, 0.1) is 17.8 Å². The van der Waals surface area contributed by atoms with Crippen LogP contribution < -0.4 is 11.1 Å². The van der Waals surface area contributed by atoms with Gasteiger partial charge < -0.3 is 15.4 Å². The zero-order chi connectivity index (χ0) is 37.3. The van der Waals surface area contributed by atoms with Gasteiger partial charge in [0.1, 0.15) is 6.10 Å². The number of halogens is 3. The number of allylic oxidation sites excluding steroid dienone is 1. The number of ether oxygens (including phenoxy) is 1. The van der Waals surface area contributed by atoms with E-state index in [1.807, 2.05) is 0 Å². The van der Waals surface area contributed by atoms with Crippen LogP contribution in [0.1, 0.15) is 56.9 Å². The molecule has 0 aliphatic heterocycles. The Bertz CT molecular complexity index is 1800. The number of hydrogen-bond acceptors (Lipinski definition) is 8. The highest BCUT2D eigenvalue weighted by molar-refractivity contribution is 7.94. The summed E-state index contributed by atoms with van der Waals surface area (Å²) in [6.45, 7) is 7.69. The number of amides is 5. The van der Waals surface area contributed by atoms with Gasteiger partial charge >= 0.3 is 18.3 Å². The van der Waals surface area contributed by atoms with Crippen molar-refractivity contribution in [3.8, 4) is 5.69 Å². The molecule has 3 aliphatic carbocycles. The number of imide groups is 1. The summed E-state index contributed by atoms with van der Waals surface area (Å²) >= 11 is 0. The first-order chi connectivity index (χ1) is 24.1. The number of urea groups is 1. The minimum Gasteiger partial charge on any atom is -0.446 e. The Balaban J connectivity index is 1.42. The first-order valence-corrected chi connectivity index (χ1v) is 18.2. The van der Waals surface area contributed by atoms with Crippen molar-refractivity contribution < 1.29 is 45.5 Å². The maximum Gasteiger partial charge on any atom is 0.416 e. The fraction of sp³-hybridized carbons (Fsp3) is 0.500. The standard InChI is InChI=1S/C34H41F3N6O7S/c1-4-6-7-8-15-41(3)29(44)25-18-23(50-32(47)40-27-17-22(34(35,36)37)10-13-28(27)42-16-9-14-39-42)19-26(25)30(45)43(31(38)46)33(20-21(33)5-2)51(48,49)24-11-12-24/h4-5,9-10,13-14,16-17,21,23-26H,1-2,6-8,11-12,15,18-20H2,3H3,(H2,38,46)(H,40,47). The third-order valence-electron chi connectivity index (χ3n) is 9.76. The first-order valence-electron chi connectivity index (χ1n) is 16.6. The second kappa shape index (κ2) is 14.5. The summed E-state index contributed by atoms with van der Waals surface area (Å²) < 4.78 is 75.0. The highest BCUT2D eigenvalue weighted by Crippen LogP contribution is 2.58. The van der Waals surface area contributed by atoms with Crippen molar-refractivity contribution in [3.63, 3.8) is 0 Å². The van der Waals surface area contributed by atoms with Crippen molar-refractivity contribution in [2.24, 2.45) is 23.5 Å². The van der Waals surface area contributed by atoms with E-state index in [0.717, 1.165) is 31.0 Å². The van der Waals surface area contributed by atoms with Crippen molar-refractivity contribution in [2.45, 2.75) is 73.8 Å². The Labute approximate surface area is 293 Å². The number of carbonyl (C=O) groups is 4. The van der Waals surface area contributed by atoms with Crippen molar-refractivity contribution in [1.29, 1.82) is 0 Å². The monoisotopic (exact) mass is 734 g/mol. The van der Waals surface area contributed by atoms with E-state index in [1.165, 1.54) is 34.1 Å². The smallest absolute Gasteiger partial charge is 0.416 e. The maximum atomic E-state index is 14.4. The summed E-state index contributed by atoms with van der Waals surface area (Å²) in [4.78, 5) is 54.5. The number of anilines is 1. The number of rotatable bonds is 14. The van der Waals surface area contributed by atoms with Crippen LogP contribution in [0.2, 0.25) is 0 Å². The topological polar surface area (TPSA) is 174 Å². The number of nitrogens with zero attached hydrogens (tertiary/aromatic N) is 4. The van der Waals surface area contributed by atoms with Gasteiger partial charge in [-0.2, -0.15) is 18.3 Å². The van der Waals surface area contributed by atoms with Gasteiger partial charge in [0.25, 0.3) is 0 Å². The fourth-order valence-electron chi connectivity index (χ4n) is 6.93. The van der Waals surface area contributed by atoms with E-state index in [9.17, 15) is 40.8 Å². The molecule has 0 radical (unpaired) electrons. The molecule has 2 aromatic rings. The molecule has 51 heavy (non-hydrogen) atoms. The van der Waals surface area contributed by atoms with Gasteiger partial charge in [-0.1, -0.05) is 12.2 Å². The predicted octanol–water partition coefficient (Wildman–Crippen LogP) is 5.04. The van der Waals surface area contributed by atoms with Crippen LogP contribution >= 0.6 is 0 Å². The van der Waals surface area contributed by atoms with Gasteiger partial charge in [0, 0.05) is 31.9 Å². The molecular weight excluding hydrogens is 693 g/mol. The molecule has 0 bridgehead atoms. The molecule has 1 heterocycles. The lowest BCUT2D eigenvalue weighted by Crippen LogP contribution is -2.57. The van der Waals surface area contributed by atoms with Crippen LogP contribution in [0.5, 0.6) is 0 Å². The lowest BCUT2D eigenvalue weighted by Gasteiger charge is -2.33. The normalized spacial score (nSPS) is 24.3. The maximum absolute atomic E-state index is 14.4. The summed E-state index contributed by atoms with van der Waals surface area (Å²) in [6, 6.07) is 2.94. The van der Waals surface area contributed by atoms with E-state index in [4.69, 9.17) is 10.5 Å². The number of aromatic nitrogens is 2. The molecule has 3 N–H and O–H groups in total. The van der Waals surface area contributed by atoms with E-state index in [1.54, 1.807) is 13.1 Å². The van der Waals surface area contributed by atoms with Crippen LogP contribution in [0.15, 0.2) is 62.0 Å². The Morgan fingerprint density at radius 2 is 1.82 bits per heavy atom. The molecule has 13 nitrogen and oxygen atoms in total. The molecule has 5 amide bonds. The van der Waals surface area contributed by atoms with Crippen LogP contribution in [-0.4, -0.2) is 81.8 Å². The highest BCUT2D eigenvalue weighted by Gasteiger charge is 2.72. The minimum atomic E-state index is -4.73. The van der Waals surface area contributed by atoms with Crippen molar-refractivity contribution in [2.75, 3.05) is 18.9 Å². The molecule has 3 saturated carbocycles. The highest BCUT2D eigenvalue weighted by atomic mass is 32.2.